The average Bonchev–Trinajstić information content (AvgIpc) is 2.68. The average molecular weight is 301 g/mol. The zero-order valence-electron chi connectivity index (χ0n) is 9.18. The number of halogens is 2. The Morgan fingerprint density at radius 1 is 1.19 bits per heavy atom. The molecule has 0 N–H and O–H groups in total. The maximum atomic E-state index is 6.05. The van der Waals surface area contributed by atoms with E-state index in [0.717, 1.165) is 9.50 Å². The molecule has 1 saturated carbocycles. The molecule has 1 nitrogen and oxygen atoms in total. The van der Waals surface area contributed by atoms with Gasteiger partial charge in [-0.2, -0.15) is 0 Å². The first kappa shape index (κ1) is 10.9. The van der Waals surface area contributed by atoms with Gasteiger partial charge in [-0.15, -0.1) is 0 Å². The Labute approximate surface area is 110 Å². The lowest BCUT2D eigenvalue weighted by atomic mass is 9.78. The minimum Gasteiger partial charge on any atom is -0.369 e. The summed E-state index contributed by atoms with van der Waals surface area (Å²) in [6, 6.07) is 6.03. The van der Waals surface area contributed by atoms with Crippen LogP contribution in [0.2, 0.25) is 5.02 Å². The van der Waals surface area contributed by atoms with E-state index >= 15 is 0 Å². The van der Waals surface area contributed by atoms with Crippen molar-refractivity contribution < 1.29 is 0 Å². The van der Waals surface area contributed by atoms with Crippen molar-refractivity contribution in [2.75, 3.05) is 18.0 Å². The fourth-order valence-electron chi connectivity index (χ4n) is 3.10. The fourth-order valence-corrected chi connectivity index (χ4v) is 3.77. The van der Waals surface area contributed by atoms with E-state index in [9.17, 15) is 0 Å². The summed E-state index contributed by atoms with van der Waals surface area (Å²) in [5, 5.41) is 0.825. The molecule has 86 valence electrons. The van der Waals surface area contributed by atoms with Gasteiger partial charge in [0.25, 0.3) is 0 Å². The molecule has 0 unspecified atom stereocenters. The fraction of sp³-hybridized carbons (Fsp3) is 0.538. The van der Waals surface area contributed by atoms with Crippen molar-refractivity contribution in [3.63, 3.8) is 0 Å². The Morgan fingerprint density at radius 2 is 1.88 bits per heavy atom. The van der Waals surface area contributed by atoms with Crippen molar-refractivity contribution in [3.05, 3.63) is 27.7 Å². The molecule has 1 aliphatic carbocycles. The van der Waals surface area contributed by atoms with Crippen LogP contribution < -0.4 is 4.90 Å². The molecule has 1 aliphatic heterocycles. The lowest BCUT2D eigenvalue weighted by Gasteiger charge is -2.50. The van der Waals surface area contributed by atoms with Crippen LogP contribution in [-0.2, 0) is 0 Å². The van der Waals surface area contributed by atoms with Crippen molar-refractivity contribution in [2.24, 2.45) is 5.41 Å². The summed E-state index contributed by atoms with van der Waals surface area (Å²) in [7, 11) is 0. The van der Waals surface area contributed by atoms with Gasteiger partial charge in [-0.3, -0.25) is 0 Å². The SMILES string of the molecule is Clc1ccc(Br)c(N2CC3(CCCC3)C2)c1. The molecule has 0 atom stereocenters. The van der Waals surface area contributed by atoms with Crippen LogP contribution in [0.15, 0.2) is 22.7 Å². The second kappa shape index (κ2) is 3.92. The molecule has 3 rings (SSSR count). The summed E-state index contributed by atoms with van der Waals surface area (Å²) >= 11 is 9.65. The largest absolute Gasteiger partial charge is 0.369 e. The smallest absolute Gasteiger partial charge is 0.0525 e. The number of hydrogen-bond donors (Lipinski definition) is 0. The molecule has 2 fully saturated rings. The van der Waals surface area contributed by atoms with Gasteiger partial charge in [-0.25, -0.2) is 0 Å². The highest BCUT2D eigenvalue weighted by Crippen LogP contribution is 2.48. The van der Waals surface area contributed by atoms with Gasteiger partial charge in [0, 0.05) is 28.0 Å². The second-order valence-corrected chi connectivity index (χ2v) is 6.45. The summed E-state index contributed by atoms with van der Waals surface area (Å²) in [6.45, 7) is 2.43. The molecule has 3 heteroatoms. The Bertz CT molecular complexity index is 404. The lowest BCUT2D eigenvalue weighted by molar-refractivity contribution is 0.222. The van der Waals surface area contributed by atoms with E-state index in [1.165, 1.54) is 44.5 Å². The standard InChI is InChI=1S/C13H15BrClN/c14-11-4-3-10(15)7-12(11)16-8-13(9-16)5-1-2-6-13/h3-4,7H,1-2,5-6,8-9H2. The Hall–Kier alpha value is -0.210. The molecule has 0 radical (unpaired) electrons. The molecular weight excluding hydrogens is 286 g/mol. The van der Waals surface area contributed by atoms with Crippen molar-refractivity contribution >= 4 is 33.2 Å². The number of nitrogens with zero attached hydrogens (tertiary/aromatic N) is 1. The minimum atomic E-state index is 0.641. The van der Waals surface area contributed by atoms with Gasteiger partial charge in [0.1, 0.15) is 0 Å². The minimum absolute atomic E-state index is 0.641. The third-order valence-corrected chi connectivity index (χ3v) is 4.87. The lowest BCUT2D eigenvalue weighted by Crippen LogP contribution is -2.55. The molecule has 0 amide bonds. The van der Waals surface area contributed by atoms with Gasteiger partial charge in [0.15, 0.2) is 0 Å². The van der Waals surface area contributed by atoms with Crippen LogP contribution in [0.25, 0.3) is 0 Å². The molecule has 1 aromatic rings. The predicted molar refractivity (Wildman–Crippen MR) is 72.3 cm³/mol. The summed E-state index contributed by atoms with van der Waals surface area (Å²) < 4.78 is 1.16. The van der Waals surface area contributed by atoms with Gasteiger partial charge in [0.05, 0.1) is 5.69 Å². The highest BCUT2D eigenvalue weighted by atomic mass is 79.9. The zero-order valence-corrected chi connectivity index (χ0v) is 11.5. The number of anilines is 1. The maximum absolute atomic E-state index is 6.05. The van der Waals surface area contributed by atoms with Crippen LogP contribution in [0.4, 0.5) is 5.69 Å². The monoisotopic (exact) mass is 299 g/mol. The molecule has 1 heterocycles. The van der Waals surface area contributed by atoms with E-state index < -0.39 is 0 Å². The third-order valence-electron chi connectivity index (χ3n) is 3.97. The van der Waals surface area contributed by atoms with Gasteiger partial charge in [-0.1, -0.05) is 24.4 Å². The van der Waals surface area contributed by atoms with E-state index in [4.69, 9.17) is 11.6 Å². The third kappa shape index (κ3) is 1.76. The molecule has 1 spiro atoms. The van der Waals surface area contributed by atoms with E-state index in [0.29, 0.717) is 5.41 Å². The van der Waals surface area contributed by atoms with E-state index in [-0.39, 0.29) is 0 Å². The van der Waals surface area contributed by atoms with Gasteiger partial charge >= 0.3 is 0 Å². The highest BCUT2D eigenvalue weighted by Gasteiger charge is 2.44. The first-order chi connectivity index (χ1) is 7.69. The molecule has 2 aliphatic rings. The van der Waals surface area contributed by atoms with Gasteiger partial charge < -0.3 is 4.90 Å². The van der Waals surface area contributed by atoms with E-state index in [2.05, 4.69) is 26.9 Å². The summed E-state index contributed by atoms with van der Waals surface area (Å²) in [6.07, 6.45) is 5.68. The van der Waals surface area contributed by atoms with Crippen molar-refractivity contribution in [1.82, 2.24) is 0 Å². The molecular formula is C13H15BrClN. The normalized spacial score (nSPS) is 22.5. The van der Waals surface area contributed by atoms with Crippen molar-refractivity contribution in [1.29, 1.82) is 0 Å². The van der Waals surface area contributed by atoms with E-state index in [1.54, 1.807) is 0 Å². The summed E-state index contributed by atoms with van der Waals surface area (Å²) in [5.74, 6) is 0. The van der Waals surface area contributed by atoms with E-state index in [1.807, 2.05) is 12.1 Å². The molecule has 0 bridgehead atoms. The summed E-state index contributed by atoms with van der Waals surface area (Å²) in [5.41, 5.74) is 1.90. The van der Waals surface area contributed by atoms with Crippen molar-refractivity contribution in [2.45, 2.75) is 25.7 Å². The summed E-state index contributed by atoms with van der Waals surface area (Å²) in [4.78, 5) is 2.45. The van der Waals surface area contributed by atoms with Crippen molar-refractivity contribution in [3.8, 4) is 0 Å². The Kier molecular flexibility index (Phi) is 2.67. The first-order valence-electron chi connectivity index (χ1n) is 5.89. The zero-order chi connectivity index (χ0) is 11.2. The number of benzene rings is 1. The van der Waals surface area contributed by atoms with Crippen LogP contribution in [-0.4, -0.2) is 13.1 Å². The quantitative estimate of drug-likeness (QED) is 0.739. The highest BCUT2D eigenvalue weighted by molar-refractivity contribution is 9.10. The first-order valence-corrected chi connectivity index (χ1v) is 7.06. The predicted octanol–water partition coefficient (Wildman–Crippen LogP) is 4.48. The molecule has 1 aromatic carbocycles. The van der Waals surface area contributed by atoms with Gasteiger partial charge in [-0.05, 0) is 47.0 Å². The number of hydrogen-bond acceptors (Lipinski definition) is 1. The second-order valence-electron chi connectivity index (χ2n) is 5.16. The van der Waals surface area contributed by atoms with Gasteiger partial charge in [0.2, 0.25) is 0 Å². The molecule has 1 saturated heterocycles. The Morgan fingerprint density at radius 3 is 2.56 bits per heavy atom. The van der Waals surface area contributed by atoms with Crippen LogP contribution in [0.5, 0.6) is 0 Å². The van der Waals surface area contributed by atoms with Crippen LogP contribution in [0, 0.1) is 5.41 Å². The Balaban J connectivity index is 1.78. The molecule has 16 heavy (non-hydrogen) atoms. The topological polar surface area (TPSA) is 3.24 Å². The van der Waals surface area contributed by atoms with Crippen LogP contribution in [0.1, 0.15) is 25.7 Å². The maximum Gasteiger partial charge on any atom is 0.0525 e. The number of rotatable bonds is 1. The van der Waals surface area contributed by atoms with Crippen LogP contribution >= 0.6 is 27.5 Å². The molecule has 0 aromatic heterocycles. The van der Waals surface area contributed by atoms with Crippen LogP contribution in [0.3, 0.4) is 0 Å².